The first-order valence-electron chi connectivity index (χ1n) is 7.87. The van der Waals surface area contributed by atoms with Crippen molar-refractivity contribution in [3.05, 3.63) is 40.8 Å². The van der Waals surface area contributed by atoms with Crippen LogP contribution in [-0.4, -0.2) is 37.9 Å². The molecule has 0 saturated heterocycles. The van der Waals surface area contributed by atoms with E-state index in [2.05, 4.69) is 10.5 Å². The molecule has 2 rings (SSSR count). The number of aromatic nitrogens is 1. The van der Waals surface area contributed by atoms with Crippen LogP contribution < -0.4 is 5.32 Å². The van der Waals surface area contributed by atoms with Crippen LogP contribution in [0.25, 0.3) is 0 Å². The van der Waals surface area contributed by atoms with E-state index in [1.807, 2.05) is 20.8 Å². The summed E-state index contributed by atoms with van der Waals surface area (Å²) in [7, 11) is -0.611. The second kappa shape index (κ2) is 7.37. The summed E-state index contributed by atoms with van der Waals surface area (Å²) in [5, 5.41) is 6.66. The summed E-state index contributed by atoms with van der Waals surface area (Å²) in [6.07, 6.45) is 0.773. The van der Waals surface area contributed by atoms with E-state index in [4.69, 9.17) is 4.52 Å². The first-order chi connectivity index (χ1) is 11.6. The van der Waals surface area contributed by atoms with Crippen molar-refractivity contribution >= 4 is 21.6 Å². The van der Waals surface area contributed by atoms with E-state index in [-0.39, 0.29) is 17.2 Å². The minimum atomic E-state index is -3.55. The summed E-state index contributed by atoms with van der Waals surface area (Å²) in [5.41, 5.74) is 2.99. The third-order valence-corrected chi connectivity index (χ3v) is 5.86. The lowest BCUT2D eigenvalue weighted by atomic mass is 10.1. The van der Waals surface area contributed by atoms with E-state index in [9.17, 15) is 13.2 Å². The Kier molecular flexibility index (Phi) is 5.64. The maximum absolute atomic E-state index is 12.3. The van der Waals surface area contributed by atoms with Crippen LogP contribution in [0.4, 0.5) is 5.69 Å². The second-order valence-corrected chi connectivity index (χ2v) is 8.27. The van der Waals surface area contributed by atoms with Gasteiger partial charge in [-0.15, -0.1) is 0 Å². The molecule has 0 spiro atoms. The maximum atomic E-state index is 12.3. The van der Waals surface area contributed by atoms with Gasteiger partial charge in [-0.05, 0) is 44.9 Å². The van der Waals surface area contributed by atoms with Crippen molar-refractivity contribution in [1.82, 2.24) is 9.46 Å². The number of sulfonamides is 1. The molecule has 0 aliphatic carbocycles. The minimum Gasteiger partial charge on any atom is -0.361 e. The highest BCUT2D eigenvalue weighted by Gasteiger charge is 2.19. The summed E-state index contributed by atoms with van der Waals surface area (Å²) < 4.78 is 30.7. The predicted octanol–water partition coefficient (Wildman–Crippen LogP) is 2.42. The number of hydrogen-bond acceptors (Lipinski definition) is 5. The van der Waals surface area contributed by atoms with Crippen molar-refractivity contribution in [2.75, 3.05) is 19.4 Å². The molecule has 1 amide bonds. The molecule has 0 aliphatic heterocycles. The molecule has 0 bridgehead atoms. The topological polar surface area (TPSA) is 92.5 Å². The number of aryl methyl sites for hydroxylation is 3. The Bertz CT molecular complexity index is 866. The van der Waals surface area contributed by atoms with Gasteiger partial charge >= 0.3 is 0 Å². The zero-order valence-corrected chi connectivity index (χ0v) is 15.9. The standard InChI is InChI=1S/C17H23N3O4S/c1-11-6-7-14(25(22,23)20(4)5)10-16(11)18-17(21)9-8-15-12(2)19-24-13(15)3/h6-7,10H,8-9H2,1-5H3,(H,18,21). The molecule has 0 aliphatic rings. The molecule has 25 heavy (non-hydrogen) atoms. The van der Waals surface area contributed by atoms with Crippen LogP contribution in [0.15, 0.2) is 27.6 Å². The fourth-order valence-corrected chi connectivity index (χ4v) is 3.35. The molecule has 0 saturated carbocycles. The van der Waals surface area contributed by atoms with Crippen LogP contribution in [0.3, 0.4) is 0 Å². The Labute approximate surface area is 148 Å². The molecular weight excluding hydrogens is 342 g/mol. The van der Waals surface area contributed by atoms with Gasteiger partial charge in [0.25, 0.3) is 0 Å². The summed E-state index contributed by atoms with van der Waals surface area (Å²) in [5.74, 6) is 0.517. The number of benzene rings is 1. The van der Waals surface area contributed by atoms with Gasteiger partial charge in [-0.2, -0.15) is 0 Å². The molecule has 1 aromatic heterocycles. The van der Waals surface area contributed by atoms with Crippen molar-refractivity contribution < 1.29 is 17.7 Å². The van der Waals surface area contributed by atoms with Gasteiger partial charge in [0.2, 0.25) is 15.9 Å². The molecule has 1 aromatic carbocycles. The van der Waals surface area contributed by atoms with Crippen molar-refractivity contribution in [2.45, 2.75) is 38.5 Å². The number of amides is 1. The van der Waals surface area contributed by atoms with Gasteiger partial charge in [-0.3, -0.25) is 4.79 Å². The highest BCUT2D eigenvalue weighted by Crippen LogP contribution is 2.22. The van der Waals surface area contributed by atoms with Crippen molar-refractivity contribution in [1.29, 1.82) is 0 Å². The van der Waals surface area contributed by atoms with Crippen LogP contribution in [0.1, 0.15) is 29.0 Å². The number of carbonyl (C=O) groups is 1. The lowest BCUT2D eigenvalue weighted by molar-refractivity contribution is -0.116. The first-order valence-corrected chi connectivity index (χ1v) is 9.31. The van der Waals surface area contributed by atoms with Crippen LogP contribution in [0.2, 0.25) is 0 Å². The van der Waals surface area contributed by atoms with Gasteiger partial charge < -0.3 is 9.84 Å². The molecule has 136 valence electrons. The summed E-state index contributed by atoms with van der Waals surface area (Å²) in [6, 6.07) is 4.70. The molecule has 0 radical (unpaired) electrons. The zero-order chi connectivity index (χ0) is 18.8. The Morgan fingerprint density at radius 2 is 1.92 bits per heavy atom. The fraction of sp³-hybridized carbons (Fsp3) is 0.412. The highest BCUT2D eigenvalue weighted by molar-refractivity contribution is 7.89. The molecule has 2 aromatic rings. The Hall–Kier alpha value is -2.19. The minimum absolute atomic E-state index is 0.143. The van der Waals surface area contributed by atoms with Crippen LogP contribution in [-0.2, 0) is 21.2 Å². The second-order valence-electron chi connectivity index (χ2n) is 6.12. The molecule has 1 heterocycles. The van der Waals surface area contributed by atoms with Gasteiger partial charge in [0.15, 0.2) is 0 Å². The molecule has 0 unspecified atom stereocenters. The molecule has 0 atom stereocenters. The van der Waals surface area contributed by atoms with Crippen molar-refractivity contribution in [3.63, 3.8) is 0 Å². The smallest absolute Gasteiger partial charge is 0.242 e. The zero-order valence-electron chi connectivity index (χ0n) is 15.1. The number of rotatable bonds is 6. The molecule has 1 N–H and O–H groups in total. The van der Waals surface area contributed by atoms with E-state index in [0.29, 0.717) is 17.9 Å². The van der Waals surface area contributed by atoms with Gasteiger partial charge in [0.1, 0.15) is 5.76 Å². The van der Waals surface area contributed by atoms with Crippen molar-refractivity contribution in [2.24, 2.45) is 0 Å². The Balaban J connectivity index is 2.13. The number of nitrogens with zero attached hydrogens (tertiary/aromatic N) is 2. The summed E-state index contributed by atoms with van der Waals surface area (Å²) in [4.78, 5) is 12.4. The molecule has 7 nitrogen and oxygen atoms in total. The van der Waals surface area contributed by atoms with Crippen LogP contribution >= 0.6 is 0 Å². The fourth-order valence-electron chi connectivity index (χ4n) is 2.42. The van der Waals surface area contributed by atoms with Crippen molar-refractivity contribution in [3.8, 4) is 0 Å². The number of carbonyl (C=O) groups excluding carboxylic acids is 1. The summed E-state index contributed by atoms with van der Waals surface area (Å²) >= 11 is 0. The third-order valence-electron chi connectivity index (χ3n) is 4.04. The maximum Gasteiger partial charge on any atom is 0.242 e. The van der Waals surface area contributed by atoms with E-state index in [0.717, 1.165) is 21.1 Å². The Morgan fingerprint density at radius 1 is 1.24 bits per heavy atom. The average Bonchev–Trinajstić information content (AvgIpc) is 2.85. The molecular formula is C17H23N3O4S. The van der Waals surface area contributed by atoms with E-state index in [1.165, 1.54) is 26.2 Å². The molecule has 0 fully saturated rings. The van der Waals surface area contributed by atoms with E-state index < -0.39 is 10.0 Å². The lowest BCUT2D eigenvalue weighted by Gasteiger charge is -2.14. The first kappa shape index (κ1) is 19.1. The lowest BCUT2D eigenvalue weighted by Crippen LogP contribution is -2.22. The summed E-state index contributed by atoms with van der Waals surface area (Å²) in [6.45, 7) is 5.46. The van der Waals surface area contributed by atoms with Crippen LogP contribution in [0.5, 0.6) is 0 Å². The number of hydrogen-bond donors (Lipinski definition) is 1. The molecule has 8 heteroatoms. The third kappa shape index (κ3) is 4.26. The quantitative estimate of drug-likeness (QED) is 0.849. The predicted molar refractivity (Wildman–Crippen MR) is 95.0 cm³/mol. The van der Waals surface area contributed by atoms with Gasteiger partial charge in [0, 0.05) is 31.8 Å². The monoisotopic (exact) mass is 365 g/mol. The normalized spacial score (nSPS) is 11.8. The highest BCUT2D eigenvalue weighted by atomic mass is 32.2. The number of anilines is 1. The largest absolute Gasteiger partial charge is 0.361 e. The van der Waals surface area contributed by atoms with Gasteiger partial charge in [-0.1, -0.05) is 11.2 Å². The van der Waals surface area contributed by atoms with Crippen LogP contribution in [0, 0.1) is 20.8 Å². The van der Waals surface area contributed by atoms with Gasteiger partial charge in [-0.25, -0.2) is 12.7 Å². The van der Waals surface area contributed by atoms with E-state index >= 15 is 0 Å². The average molecular weight is 365 g/mol. The van der Waals surface area contributed by atoms with E-state index in [1.54, 1.807) is 6.07 Å². The number of nitrogens with one attached hydrogen (secondary N) is 1. The van der Waals surface area contributed by atoms with Gasteiger partial charge in [0.05, 0.1) is 10.6 Å². The Morgan fingerprint density at radius 3 is 2.48 bits per heavy atom. The SMILES string of the molecule is Cc1ccc(S(=O)(=O)N(C)C)cc1NC(=O)CCc1c(C)noc1C.